The van der Waals surface area contributed by atoms with Crippen LogP contribution in [-0.4, -0.2) is 39.8 Å². The summed E-state index contributed by atoms with van der Waals surface area (Å²) in [5, 5.41) is 10.9. The van der Waals surface area contributed by atoms with E-state index in [9.17, 15) is 10.1 Å². The molecule has 2 rings (SSSR count). The molecule has 0 bridgehead atoms. The molecule has 1 aromatic heterocycles. The molecular weight excluding hydrogens is 224 g/mol. The molecule has 0 N–H and O–H groups in total. The highest BCUT2D eigenvalue weighted by molar-refractivity contribution is 5.55. The van der Waals surface area contributed by atoms with Gasteiger partial charge < -0.3 is 19.8 Å². The van der Waals surface area contributed by atoms with Gasteiger partial charge in [0.15, 0.2) is 0 Å². The monoisotopic (exact) mass is 240 g/mol. The number of nitrogens with zero attached hydrogens (tertiary/aromatic N) is 4. The average Bonchev–Trinajstić information content (AvgIpc) is 2.58. The van der Waals surface area contributed by atoms with Crippen molar-refractivity contribution in [3.05, 3.63) is 16.4 Å². The molecular formula is C10H16N4O3. The number of hydrogen-bond acceptors (Lipinski definition) is 5. The van der Waals surface area contributed by atoms with Crippen molar-refractivity contribution >= 4 is 11.6 Å². The van der Waals surface area contributed by atoms with Crippen LogP contribution in [0.2, 0.25) is 0 Å². The number of morpholine rings is 1. The summed E-state index contributed by atoms with van der Waals surface area (Å²) in [6.45, 7) is 5.21. The zero-order valence-corrected chi connectivity index (χ0v) is 10.2. The molecule has 1 aliphatic heterocycles. The molecule has 0 radical (unpaired) electrons. The summed E-state index contributed by atoms with van der Waals surface area (Å²) < 4.78 is 7.30. The molecule has 94 valence electrons. The van der Waals surface area contributed by atoms with Crippen LogP contribution in [0, 0.1) is 10.1 Å². The lowest BCUT2D eigenvalue weighted by Crippen LogP contribution is -2.46. The number of aryl methyl sites for hydroxylation is 1. The van der Waals surface area contributed by atoms with E-state index in [1.165, 1.54) is 6.33 Å². The lowest BCUT2D eigenvalue weighted by molar-refractivity contribution is -0.388. The molecule has 17 heavy (non-hydrogen) atoms. The molecule has 1 fully saturated rings. The van der Waals surface area contributed by atoms with E-state index in [4.69, 9.17) is 4.74 Å². The third-order valence-electron chi connectivity index (χ3n) is 2.78. The predicted octanol–water partition coefficient (Wildman–Crippen LogP) is 0.942. The number of nitro groups is 1. The van der Waals surface area contributed by atoms with Crippen LogP contribution < -0.4 is 4.90 Å². The van der Waals surface area contributed by atoms with Crippen molar-refractivity contribution in [2.24, 2.45) is 7.05 Å². The number of ether oxygens (including phenoxy) is 1. The van der Waals surface area contributed by atoms with E-state index in [0.717, 1.165) is 0 Å². The fourth-order valence-electron chi connectivity index (χ4n) is 2.26. The highest BCUT2D eigenvalue weighted by Gasteiger charge is 2.30. The Morgan fingerprint density at radius 3 is 2.59 bits per heavy atom. The summed E-state index contributed by atoms with van der Waals surface area (Å²) in [7, 11) is 1.76. The predicted molar refractivity (Wildman–Crippen MR) is 62.1 cm³/mol. The summed E-state index contributed by atoms with van der Waals surface area (Å²) in [5.41, 5.74) is 0. The Hall–Kier alpha value is -1.63. The van der Waals surface area contributed by atoms with Crippen LogP contribution in [0.1, 0.15) is 13.8 Å². The Balaban J connectivity index is 2.32. The van der Waals surface area contributed by atoms with Crippen LogP contribution in [0.25, 0.3) is 0 Å². The maximum Gasteiger partial charge on any atom is 0.406 e. The van der Waals surface area contributed by atoms with Crippen molar-refractivity contribution in [3.8, 4) is 0 Å². The molecule has 0 amide bonds. The zero-order valence-electron chi connectivity index (χ0n) is 10.2. The van der Waals surface area contributed by atoms with E-state index < -0.39 is 4.92 Å². The number of imidazole rings is 1. The van der Waals surface area contributed by atoms with Crippen LogP contribution in [0.3, 0.4) is 0 Å². The standard InChI is InChI=1S/C10H16N4O3/c1-7-4-13(5-8(2)17-7)10-9(14(15)16)11-6-12(10)3/h6-8H,4-5H2,1-3H3. The minimum Gasteiger partial charge on any atom is -0.372 e. The second-order valence-electron chi connectivity index (χ2n) is 4.42. The fraction of sp³-hybridized carbons (Fsp3) is 0.700. The first kappa shape index (κ1) is 11.8. The molecule has 1 aliphatic rings. The topological polar surface area (TPSA) is 73.4 Å². The van der Waals surface area contributed by atoms with Crippen molar-refractivity contribution in [1.82, 2.24) is 9.55 Å². The molecule has 0 saturated carbocycles. The minimum absolute atomic E-state index is 0.0632. The number of aromatic nitrogens is 2. The maximum atomic E-state index is 10.9. The van der Waals surface area contributed by atoms with Gasteiger partial charge in [-0.3, -0.25) is 4.57 Å². The molecule has 2 unspecified atom stereocenters. The maximum absolute atomic E-state index is 10.9. The Morgan fingerprint density at radius 2 is 2.06 bits per heavy atom. The van der Waals surface area contributed by atoms with Gasteiger partial charge in [-0.05, 0) is 23.8 Å². The molecule has 0 aliphatic carbocycles. The SMILES string of the molecule is CC1CN(c2c([N+](=O)[O-])ncn2C)CC(C)O1. The number of rotatable bonds is 2. The highest BCUT2D eigenvalue weighted by Crippen LogP contribution is 2.28. The van der Waals surface area contributed by atoms with Gasteiger partial charge in [-0.2, -0.15) is 0 Å². The number of hydrogen-bond donors (Lipinski definition) is 0. The van der Waals surface area contributed by atoms with Gasteiger partial charge in [0.25, 0.3) is 0 Å². The average molecular weight is 240 g/mol. The Bertz CT molecular complexity index is 421. The van der Waals surface area contributed by atoms with Crippen molar-refractivity contribution in [2.75, 3.05) is 18.0 Å². The van der Waals surface area contributed by atoms with E-state index >= 15 is 0 Å². The van der Waals surface area contributed by atoms with E-state index in [1.54, 1.807) is 11.6 Å². The Kier molecular flexibility index (Phi) is 3.01. The van der Waals surface area contributed by atoms with Gasteiger partial charge in [-0.25, -0.2) is 0 Å². The molecule has 1 aromatic rings. The third-order valence-corrected chi connectivity index (χ3v) is 2.78. The van der Waals surface area contributed by atoms with Crippen molar-refractivity contribution in [1.29, 1.82) is 0 Å². The van der Waals surface area contributed by atoms with E-state index in [2.05, 4.69) is 4.98 Å². The summed E-state index contributed by atoms with van der Waals surface area (Å²) in [4.78, 5) is 16.3. The normalized spacial score (nSPS) is 25.0. The molecule has 1 saturated heterocycles. The fourth-order valence-corrected chi connectivity index (χ4v) is 2.26. The van der Waals surface area contributed by atoms with Gasteiger partial charge in [-0.15, -0.1) is 0 Å². The second kappa shape index (κ2) is 4.33. The molecule has 7 heteroatoms. The lowest BCUT2D eigenvalue weighted by atomic mass is 10.2. The number of anilines is 1. The van der Waals surface area contributed by atoms with Crippen LogP contribution >= 0.6 is 0 Å². The first-order chi connectivity index (χ1) is 7.99. The van der Waals surface area contributed by atoms with Crippen LogP contribution in [0.4, 0.5) is 11.6 Å². The first-order valence-corrected chi connectivity index (χ1v) is 5.55. The van der Waals surface area contributed by atoms with Crippen molar-refractivity contribution < 1.29 is 9.66 Å². The quantitative estimate of drug-likeness (QED) is 0.568. The largest absolute Gasteiger partial charge is 0.406 e. The zero-order chi connectivity index (χ0) is 12.6. The smallest absolute Gasteiger partial charge is 0.372 e. The molecule has 7 nitrogen and oxygen atoms in total. The van der Waals surface area contributed by atoms with E-state index in [-0.39, 0.29) is 18.0 Å². The summed E-state index contributed by atoms with van der Waals surface area (Å²) >= 11 is 0. The summed E-state index contributed by atoms with van der Waals surface area (Å²) in [6, 6.07) is 0. The van der Waals surface area contributed by atoms with Crippen LogP contribution in [0.15, 0.2) is 6.33 Å². The van der Waals surface area contributed by atoms with Gasteiger partial charge in [-0.1, -0.05) is 0 Å². The molecule has 0 aromatic carbocycles. The third kappa shape index (κ3) is 2.23. The molecule has 0 spiro atoms. The minimum atomic E-state index is -0.444. The van der Waals surface area contributed by atoms with Gasteiger partial charge in [0, 0.05) is 20.1 Å². The van der Waals surface area contributed by atoms with Crippen LogP contribution in [0.5, 0.6) is 0 Å². The van der Waals surface area contributed by atoms with Gasteiger partial charge in [0.1, 0.15) is 0 Å². The molecule has 2 heterocycles. The Morgan fingerprint density at radius 1 is 1.47 bits per heavy atom. The molecule has 2 atom stereocenters. The lowest BCUT2D eigenvalue weighted by Gasteiger charge is -2.35. The summed E-state index contributed by atoms with van der Waals surface area (Å²) in [6.07, 6.45) is 1.60. The van der Waals surface area contributed by atoms with Gasteiger partial charge in [0.2, 0.25) is 12.1 Å². The van der Waals surface area contributed by atoms with E-state index in [0.29, 0.717) is 18.9 Å². The highest BCUT2D eigenvalue weighted by atomic mass is 16.6. The second-order valence-corrected chi connectivity index (χ2v) is 4.42. The Labute approximate surface area is 99.1 Å². The van der Waals surface area contributed by atoms with Crippen molar-refractivity contribution in [3.63, 3.8) is 0 Å². The van der Waals surface area contributed by atoms with Crippen molar-refractivity contribution in [2.45, 2.75) is 26.1 Å². The van der Waals surface area contributed by atoms with Gasteiger partial charge in [0.05, 0.1) is 12.2 Å². The van der Waals surface area contributed by atoms with E-state index in [1.807, 2.05) is 18.7 Å². The first-order valence-electron chi connectivity index (χ1n) is 5.55. The van der Waals surface area contributed by atoms with Gasteiger partial charge >= 0.3 is 5.82 Å². The summed E-state index contributed by atoms with van der Waals surface area (Å²) in [5.74, 6) is 0.464. The van der Waals surface area contributed by atoms with Crippen LogP contribution in [-0.2, 0) is 11.8 Å².